The molecule has 0 amide bonds. The van der Waals surface area contributed by atoms with Crippen molar-refractivity contribution in [1.82, 2.24) is 0 Å². The van der Waals surface area contributed by atoms with Crippen molar-refractivity contribution in [1.29, 1.82) is 0 Å². The summed E-state index contributed by atoms with van der Waals surface area (Å²) in [7, 11) is 0. The molecule has 0 spiro atoms. The van der Waals surface area contributed by atoms with Gasteiger partial charge in [0.1, 0.15) is 24.5 Å². The Morgan fingerprint density at radius 3 is 2.35 bits per heavy atom. The van der Waals surface area contributed by atoms with Gasteiger partial charge in [0, 0.05) is 0 Å². The first-order valence-corrected chi connectivity index (χ1v) is 7.46. The molecule has 100 valence electrons. The van der Waals surface area contributed by atoms with Crippen LogP contribution in [0.15, 0.2) is 0 Å². The van der Waals surface area contributed by atoms with Gasteiger partial charge in [0.15, 0.2) is 12.8 Å². The first-order valence-electron chi connectivity index (χ1n) is 4.61. The predicted molar refractivity (Wildman–Crippen MR) is 57.9 cm³/mol. The van der Waals surface area contributed by atoms with E-state index in [1.807, 2.05) is 0 Å². The van der Waals surface area contributed by atoms with E-state index in [-0.39, 0.29) is 0 Å². The van der Waals surface area contributed by atoms with Gasteiger partial charge in [-0.1, -0.05) is 0 Å². The molecule has 8 nitrogen and oxygen atoms in total. The van der Waals surface area contributed by atoms with Gasteiger partial charge >= 0.3 is 5.97 Å². The summed E-state index contributed by atoms with van der Waals surface area (Å²) in [6.45, 7) is -3.89. The molecule has 1 aliphatic rings. The minimum Gasteiger partial charge on any atom is -0.481 e. The zero-order chi connectivity index (χ0) is 13.2. The molecule has 0 aromatic carbocycles. The van der Waals surface area contributed by atoms with E-state index in [0.717, 1.165) is 0 Å². The minimum atomic E-state index is -3.49. The maximum absolute atomic E-state index is 10.3. The minimum absolute atomic E-state index is 0.406. The Bertz CT molecular complexity index is 336. The summed E-state index contributed by atoms with van der Waals surface area (Å²) in [5.41, 5.74) is 0. The molecule has 1 fully saturated rings. The van der Waals surface area contributed by atoms with Crippen molar-refractivity contribution in [2.75, 3.05) is 12.8 Å². The number of carboxylic acids is 1. The normalized spacial score (nSPS) is 36.7. The highest BCUT2D eigenvalue weighted by atomic mass is 32.5. The van der Waals surface area contributed by atoms with Gasteiger partial charge in [0.2, 0.25) is 0 Å². The van der Waals surface area contributed by atoms with Gasteiger partial charge in [-0.05, 0) is 11.8 Å². The average molecular weight is 288 g/mol. The van der Waals surface area contributed by atoms with Crippen LogP contribution in [0.2, 0.25) is 0 Å². The molecule has 0 aromatic heterocycles. The second kappa shape index (κ2) is 5.68. The largest absolute Gasteiger partial charge is 0.481 e. The van der Waals surface area contributed by atoms with Crippen LogP contribution in [0.4, 0.5) is 0 Å². The van der Waals surface area contributed by atoms with Gasteiger partial charge in [0.05, 0.1) is 6.61 Å². The highest BCUT2D eigenvalue weighted by Gasteiger charge is 2.42. The summed E-state index contributed by atoms with van der Waals surface area (Å²) in [6, 6.07) is 0. The molecule has 0 bridgehead atoms. The Hall–Kier alpha value is -0.120. The molecule has 1 heterocycles. The van der Waals surface area contributed by atoms with E-state index in [1.54, 1.807) is 0 Å². The number of aliphatic carboxylic acids is 1. The number of aliphatic hydroxyl groups is 3. The quantitative estimate of drug-likeness (QED) is 0.358. The summed E-state index contributed by atoms with van der Waals surface area (Å²) >= 11 is 4.55. The number of rotatable bonds is 5. The Kier molecular flexibility index (Phi) is 4.99. The third kappa shape index (κ3) is 4.23. The van der Waals surface area contributed by atoms with Crippen molar-refractivity contribution in [2.45, 2.75) is 24.6 Å². The topological polar surface area (TPSA) is 137 Å². The van der Waals surface area contributed by atoms with Crippen molar-refractivity contribution < 1.29 is 39.4 Å². The maximum Gasteiger partial charge on any atom is 0.313 e. The lowest BCUT2D eigenvalue weighted by Gasteiger charge is -2.18. The average Bonchev–Trinajstić information content (AvgIpc) is 2.41. The fourth-order valence-corrected chi connectivity index (χ4v) is 2.60. The van der Waals surface area contributed by atoms with Crippen molar-refractivity contribution in [3.05, 3.63) is 0 Å². The van der Waals surface area contributed by atoms with E-state index in [0.29, 0.717) is 0 Å². The summed E-state index contributed by atoms with van der Waals surface area (Å²) in [4.78, 5) is 19.8. The molecular weight excluding hydrogens is 275 g/mol. The zero-order valence-electron chi connectivity index (χ0n) is 8.54. The third-order valence-corrected chi connectivity index (χ3v) is 4.04. The van der Waals surface area contributed by atoms with Gasteiger partial charge in [0.25, 0.3) is 0 Å². The van der Waals surface area contributed by atoms with E-state index in [1.165, 1.54) is 0 Å². The molecule has 0 radical (unpaired) electrons. The molecule has 17 heavy (non-hydrogen) atoms. The van der Waals surface area contributed by atoms with E-state index in [9.17, 15) is 14.8 Å². The molecular formula is C7H13O8PS. The standard InChI is InChI=1S/C7H13O8PS/c8-4(9)2-16(13,17)14-1-3-5(10)6(11)7(12)15-3/h3,5-7,10-12H,1-2H2,(H,8,9)(H,13,17)/t3-,5?,6?,7-,16?/m1/s1. The van der Waals surface area contributed by atoms with Crippen molar-refractivity contribution in [2.24, 2.45) is 0 Å². The van der Waals surface area contributed by atoms with Crippen molar-refractivity contribution >= 4 is 24.3 Å². The highest BCUT2D eigenvalue weighted by molar-refractivity contribution is 8.09. The Morgan fingerprint density at radius 2 is 1.94 bits per heavy atom. The lowest BCUT2D eigenvalue weighted by Crippen LogP contribution is -2.34. The van der Waals surface area contributed by atoms with Gasteiger partial charge in [-0.15, -0.1) is 0 Å². The molecule has 10 heteroatoms. The van der Waals surface area contributed by atoms with E-state index in [4.69, 9.17) is 24.6 Å². The number of carbonyl (C=O) groups is 1. The van der Waals surface area contributed by atoms with Crippen molar-refractivity contribution in [3.63, 3.8) is 0 Å². The molecule has 1 aliphatic heterocycles. The zero-order valence-corrected chi connectivity index (χ0v) is 10.3. The summed E-state index contributed by atoms with van der Waals surface area (Å²) in [5, 5.41) is 36.0. The smallest absolute Gasteiger partial charge is 0.313 e. The highest BCUT2D eigenvalue weighted by Crippen LogP contribution is 2.42. The molecule has 1 rings (SSSR count). The number of carboxylic acid groups (broad SMARTS) is 1. The van der Waals surface area contributed by atoms with E-state index >= 15 is 0 Å². The number of hydrogen-bond donors (Lipinski definition) is 5. The molecule has 5 N–H and O–H groups in total. The lowest BCUT2D eigenvalue weighted by atomic mass is 10.1. The maximum atomic E-state index is 10.3. The number of aliphatic hydroxyl groups excluding tert-OH is 3. The Balaban J connectivity index is 2.46. The summed E-state index contributed by atoms with van der Waals surface area (Å²) < 4.78 is 9.51. The SMILES string of the molecule is O=C(O)CP(O)(=S)OC[C@H]1O[C@@H](O)C(O)C1O. The van der Waals surface area contributed by atoms with Crippen LogP contribution >= 0.6 is 6.49 Å². The van der Waals surface area contributed by atoms with Crippen LogP contribution in [0, 0.1) is 0 Å². The first-order chi connectivity index (χ1) is 7.73. The fourth-order valence-electron chi connectivity index (χ4n) is 1.27. The fraction of sp³-hybridized carbons (Fsp3) is 0.857. The second-order valence-electron chi connectivity index (χ2n) is 3.53. The monoisotopic (exact) mass is 288 g/mol. The van der Waals surface area contributed by atoms with Crippen LogP contribution in [0.1, 0.15) is 0 Å². The van der Waals surface area contributed by atoms with Gasteiger partial charge in [-0.25, -0.2) is 0 Å². The van der Waals surface area contributed by atoms with E-state index < -0.39 is 49.8 Å². The molecule has 5 atom stereocenters. The van der Waals surface area contributed by atoms with E-state index in [2.05, 4.69) is 11.8 Å². The summed E-state index contributed by atoms with van der Waals surface area (Å²) in [5.74, 6) is -1.30. The summed E-state index contributed by atoms with van der Waals surface area (Å²) in [6.07, 6.45) is -6.18. The number of hydrogen-bond acceptors (Lipinski definition) is 7. The molecule has 0 saturated carbocycles. The van der Waals surface area contributed by atoms with Crippen LogP contribution in [-0.2, 0) is 25.9 Å². The van der Waals surface area contributed by atoms with Gasteiger partial charge < -0.3 is 34.6 Å². The van der Waals surface area contributed by atoms with Gasteiger partial charge in [-0.2, -0.15) is 0 Å². The van der Waals surface area contributed by atoms with Crippen LogP contribution in [-0.4, -0.2) is 68.7 Å². The Morgan fingerprint density at radius 1 is 1.35 bits per heavy atom. The number of ether oxygens (including phenoxy) is 1. The lowest BCUT2D eigenvalue weighted by molar-refractivity contribution is -0.135. The molecule has 1 saturated heterocycles. The van der Waals surface area contributed by atoms with Gasteiger partial charge in [-0.3, -0.25) is 4.79 Å². The third-order valence-electron chi connectivity index (χ3n) is 2.11. The second-order valence-corrected chi connectivity index (χ2v) is 7.09. The van der Waals surface area contributed by atoms with Crippen LogP contribution in [0.25, 0.3) is 0 Å². The molecule has 3 unspecified atom stereocenters. The molecule has 0 aliphatic carbocycles. The first kappa shape index (κ1) is 14.9. The Labute approximate surface area is 102 Å². The predicted octanol–water partition coefficient (Wildman–Crippen LogP) is -2.17. The van der Waals surface area contributed by atoms with Crippen LogP contribution in [0.3, 0.4) is 0 Å². The van der Waals surface area contributed by atoms with Crippen molar-refractivity contribution in [3.8, 4) is 0 Å². The molecule has 0 aromatic rings. The van der Waals surface area contributed by atoms with Crippen LogP contribution < -0.4 is 0 Å². The van der Waals surface area contributed by atoms with Crippen LogP contribution in [0.5, 0.6) is 0 Å².